The predicted octanol–water partition coefficient (Wildman–Crippen LogP) is 3.57. The maximum atomic E-state index is 13.7. The van der Waals surface area contributed by atoms with Gasteiger partial charge in [-0.15, -0.1) is 0 Å². The minimum atomic E-state index is -3.79. The Kier molecular flexibility index (Phi) is 7.82. The number of hydrogen-bond acceptors (Lipinski definition) is 8. The van der Waals surface area contributed by atoms with Crippen molar-refractivity contribution in [3.63, 3.8) is 0 Å². The van der Waals surface area contributed by atoms with E-state index in [-0.39, 0.29) is 35.7 Å². The minimum absolute atomic E-state index is 0.0249. The van der Waals surface area contributed by atoms with Crippen LogP contribution < -0.4 is 19.2 Å². The van der Waals surface area contributed by atoms with Gasteiger partial charge in [0.2, 0.25) is 20.0 Å². The molecule has 2 aromatic carbocycles. The monoisotopic (exact) mass is 618 g/mol. The van der Waals surface area contributed by atoms with Crippen LogP contribution in [0.25, 0.3) is 0 Å². The van der Waals surface area contributed by atoms with Crippen molar-refractivity contribution in [1.29, 1.82) is 0 Å². The zero-order valence-electron chi connectivity index (χ0n) is 24.1. The molecule has 3 aliphatic rings. The van der Waals surface area contributed by atoms with E-state index in [9.17, 15) is 26.4 Å². The van der Waals surface area contributed by atoms with Crippen molar-refractivity contribution in [2.45, 2.75) is 57.6 Å². The number of nitrogens with one attached hydrogen (secondary N) is 2. The summed E-state index contributed by atoms with van der Waals surface area (Å²) in [6.07, 6.45) is 4.47. The molecule has 1 saturated heterocycles. The van der Waals surface area contributed by atoms with E-state index in [1.807, 2.05) is 0 Å². The SMILES string of the molecule is CC(C)(C)S(=O)(=O)N1CCC(=O)c2ccc(NC(=O)c3ccc(NS(=O)(=O)CCO)cc3N3CCC4(CC3)CC4)cc21. The van der Waals surface area contributed by atoms with E-state index in [0.717, 1.165) is 25.9 Å². The number of carbonyl (C=O) groups is 2. The van der Waals surface area contributed by atoms with Crippen LogP contribution in [-0.4, -0.2) is 70.4 Å². The minimum Gasteiger partial charge on any atom is -0.395 e. The number of aliphatic hydroxyl groups excluding tert-OH is 1. The standard InChI is InChI=1S/C29H38N4O7S2/c1-28(2,3)42(39,40)33-13-8-26(35)22-6-4-20(18-25(22)33)30-27(36)23-7-5-21(31-41(37,38)17-16-34)19-24(23)32-14-11-29(9-10-29)12-15-32/h4-7,18-19,31,34H,8-17H2,1-3H3,(H,30,36). The molecule has 2 aliphatic heterocycles. The molecule has 2 fully saturated rings. The molecule has 0 radical (unpaired) electrons. The summed E-state index contributed by atoms with van der Waals surface area (Å²) in [6.45, 7) is 5.77. The van der Waals surface area contributed by atoms with Gasteiger partial charge >= 0.3 is 0 Å². The number of ketones is 1. The van der Waals surface area contributed by atoms with Crippen LogP contribution in [0.15, 0.2) is 36.4 Å². The van der Waals surface area contributed by atoms with Crippen LogP contribution >= 0.6 is 0 Å². The number of fused-ring (bicyclic) bond motifs is 1. The van der Waals surface area contributed by atoms with Crippen LogP contribution in [0.1, 0.15) is 73.6 Å². The highest BCUT2D eigenvalue weighted by Crippen LogP contribution is 2.54. The maximum absolute atomic E-state index is 13.7. The largest absolute Gasteiger partial charge is 0.395 e. The first kappa shape index (κ1) is 30.3. The number of amides is 1. The van der Waals surface area contributed by atoms with E-state index in [1.54, 1.807) is 39.0 Å². The summed E-state index contributed by atoms with van der Waals surface area (Å²) < 4.78 is 53.9. The Balaban J connectivity index is 1.46. The number of rotatable bonds is 8. The summed E-state index contributed by atoms with van der Waals surface area (Å²) in [5, 5.41) is 12.0. The van der Waals surface area contributed by atoms with E-state index in [0.29, 0.717) is 22.4 Å². The van der Waals surface area contributed by atoms with Crippen LogP contribution in [0.3, 0.4) is 0 Å². The summed E-state index contributed by atoms with van der Waals surface area (Å²) in [7, 11) is -7.56. The van der Waals surface area contributed by atoms with E-state index in [1.165, 1.54) is 35.3 Å². The molecule has 2 aromatic rings. The van der Waals surface area contributed by atoms with Crippen molar-refractivity contribution in [3.05, 3.63) is 47.5 Å². The van der Waals surface area contributed by atoms with Gasteiger partial charge in [0.15, 0.2) is 5.78 Å². The van der Waals surface area contributed by atoms with E-state index in [2.05, 4.69) is 14.9 Å². The van der Waals surface area contributed by atoms with Crippen LogP contribution in [0.5, 0.6) is 0 Å². The zero-order chi connectivity index (χ0) is 30.5. The Morgan fingerprint density at radius 3 is 2.19 bits per heavy atom. The molecule has 13 heteroatoms. The fraction of sp³-hybridized carbons (Fsp3) is 0.517. The number of hydrogen-bond donors (Lipinski definition) is 3. The third kappa shape index (κ3) is 6.00. The highest BCUT2D eigenvalue weighted by molar-refractivity contribution is 7.94. The normalized spacial score (nSPS) is 18.5. The molecule has 3 N–H and O–H groups in total. The highest BCUT2D eigenvalue weighted by Gasteiger charge is 2.45. The predicted molar refractivity (Wildman–Crippen MR) is 163 cm³/mol. The summed E-state index contributed by atoms with van der Waals surface area (Å²) in [5.41, 5.74) is 2.44. The van der Waals surface area contributed by atoms with Gasteiger partial charge in [0, 0.05) is 37.3 Å². The Bertz CT molecular complexity index is 1620. The summed E-state index contributed by atoms with van der Waals surface area (Å²) >= 11 is 0. The number of Topliss-reactive ketones (excluding diaryl/α,β-unsaturated/α-hetero) is 1. The third-order valence-corrected chi connectivity index (χ3v) is 12.2. The molecular formula is C29H38N4O7S2. The lowest BCUT2D eigenvalue weighted by Gasteiger charge is -2.35. The van der Waals surface area contributed by atoms with Crippen molar-refractivity contribution in [2.75, 3.05) is 51.2 Å². The second-order valence-corrected chi connectivity index (χ2v) is 16.9. The van der Waals surface area contributed by atoms with E-state index in [4.69, 9.17) is 5.11 Å². The van der Waals surface area contributed by atoms with Crippen LogP contribution in [0, 0.1) is 5.41 Å². The number of nitrogens with zero attached hydrogens (tertiary/aromatic N) is 2. The Hall–Kier alpha value is -3.16. The molecular weight excluding hydrogens is 580 g/mol. The Labute approximate surface area is 247 Å². The van der Waals surface area contributed by atoms with Gasteiger partial charge in [0.25, 0.3) is 5.91 Å². The Morgan fingerprint density at radius 1 is 0.929 bits per heavy atom. The topological polar surface area (TPSA) is 153 Å². The first-order valence-electron chi connectivity index (χ1n) is 14.2. The Morgan fingerprint density at radius 2 is 1.57 bits per heavy atom. The first-order valence-corrected chi connectivity index (χ1v) is 17.3. The number of carbonyl (C=O) groups excluding carboxylic acids is 2. The number of piperidine rings is 1. The number of benzene rings is 2. The second kappa shape index (κ2) is 10.8. The molecule has 0 unspecified atom stereocenters. The molecule has 11 nitrogen and oxygen atoms in total. The van der Waals surface area contributed by atoms with Gasteiger partial charge in [-0.25, -0.2) is 16.8 Å². The summed E-state index contributed by atoms with van der Waals surface area (Å²) in [4.78, 5) is 28.4. The lowest BCUT2D eigenvalue weighted by atomic mass is 9.93. The summed E-state index contributed by atoms with van der Waals surface area (Å²) in [6, 6.07) is 9.33. The first-order chi connectivity index (χ1) is 19.6. The molecule has 2 heterocycles. The van der Waals surface area contributed by atoms with Gasteiger partial charge in [-0.2, -0.15) is 0 Å². The summed E-state index contributed by atoms with van der Waals surface area (Å²) in [5.74, 6) is -1.06. The molecule has 1 saturated carbocycles. The molecule has 1 amide bonds. The van der Waals surface area contributed by atoms with E-state index >= 15 is 0 Å². The maximum Gasteiger partial charge on any atom is 0.257 e. The highest BCUT2D eigenvalue weighted by atomic mass is 32.2. The van der Waals surface area contributed by atoms with Gasteiger partial charge < -0.3 is 15.3 Å². The quantitative estimate of drug-likeness (QED) is 0.406. The van der Waals surface area contributed by atoms with E-state index < -0.39 is 43.1 Å². The van der Waals surface area contributed by atoms with Gasteiger partial charge in [-0.05, 0) is 88.3 Å². The van der Waals surface area contributed by atoms with Crippen molar-refractivity contribution >= 4 is 54.5 Å². The molecule has 42 heavy (non-hydrogen) atoms. The average Bonchev–Trinajstić information content (AvgIpc) is 3.66. The zero-order valence-corrected chi connectivity index (χ0v) is 25.8. The number of anilines is 4. The second-order valence-electron chi connectivity index (χ2n) is 12.4. The average molecular weight is 619 g/mol. The lowest BCUT2D eigenvalue weighted by molar-refractivity contribution is 0.0981. The van der Waals surface area contributed by atoms with Gasteiger partial charge in [-0.3, -0.25) is 18.6 Å². The molecule has 0 bridgehead atoms. The van der Waals surface area contributed by atoms with Gasteiger partial charge in [-0.1, -0.05) is 0 Å². The fourth-order valence-corrected chi connectivity index (χ4v) is 7.82. The third-order valence-electron chi connectivity index (χ3n) is 8.43. The van der Waals surface area contributed by atoms with Crippen LogP contribution in [-0.2, 0) is 20.0 Å². The lowest BCUT2D eigenvalue weighted by Crippen LogP contribution is -2.46. The van der Waals surface area contributed by atoms with Crippen molar-refractivity contribution in [2.24, 2.45) is 5.41 Å². The van der Waals surface area contributed by atoms with Crippen molar-refractivity contribution in [1.82, 2.24) is 0 Å². The molecule has 228 valence electrons. The smallest absolute Gasteiger partial charge is 0.257 e. The molecule has 5 rings (SSSR count). The van der Waals surface area contributed by atoms with Crippen molar-refractivity contribution in [3.8, 4) is 0 Å². The molecule has 0 atom stereocenters. The number of sulfonamides is 2. The van der Waals surface area contributed by atoms with Gasteiger partial charge in [0.1, 0.15) is 0 Å². The van der Waals surface area contributed by atoms with Crippen LogP contribution in [0.4, 0.5) is 22.7 Å². The molecule has 1 spiro atoms. The van der Waals surface area contributed by atoms with Gasteiger partial charge in [0.05, 0.1) is 39.7 Å². The molecule has 0 aromatic heterocycles. The molecule has 1 aliphatic carbocycles. The van der Waals surface area contributed by atoms with Crippen molar-refractivity contribution < 1.29 is 31.5 Å². The number of aliphatic hydroxyl groups is 1. The fourth-order valence-electron chi connectivity index (χ4n) is 5.59. The van der Waals surface area contributed by atoms with Crippen LogP contribution in [0.2, 0.25) is 0 Å².